The first-order valence-electron chi connectivity index (χ1n) is 6.62. The Hall–Kier alpha value is -1.74. The van der Waals surface area contributed by atoms with Gasteiger partial charge in [0.15, 0.2) is 0 Å². The van der Waals surface area contributed by atoms with Crippen molar-refractivity contribution < 1.29 is 4.39 Å². The van der Waals surface area contributed by atoms with Crippen LogP contribution in [0.2, 0.25) is 5.02 Å². The summed E-state index contributed by atoms with van der Waals surface area (Å²) < 4.78 is 13.2. The smallest absolute Gasteiger partial charge is 0.141 e. The minimum Gasteiger partial charge on any atom is -0.398 e. The molecule has 0 amide bonds. The fraction of sp³-hybridized carbons (Fsp3) is 0.250. The van der Waals surface area contributed by atoms with E-state index in [9.17, 15) is 4.39 Å². The van der Waals surface area contributed by atoms with E-state index in [0.717, 1.165) is 36.3 Å². The Balaban J connectivity index is 1.88. The van der Waals surface area contributed by atoms with Gasteiger partial charge in [0.05, 0.1) is 5.02 Å². The third-order valence-corrected chi connectivity index (χ3v) is 4.11. The van der Waals surface area contributed by atoms with Gasteiger partial charge in [-0.15, -0.1) is 0 Å². The van der Waals surface area contributed by atoms with Gasteiger partial charge in [0.1, 0.15) is 5.82 Å². The van der Waals surface area contributed by atoms with Crippen LogP contribution in [0.4, 0.5) is 15.8 Å². The normalized spacial score (nSPS) is 13.7. The third kappa shape index (κ3) is 2.34. The highest BCUT2D eigenvalue weighted by Crippen LogP contribution is 2.33. The maximum absolute atomic E-state index is 13.2. The number of nitrogens with zero attached hydrogens (tertiary/aromatic N) is 1. The van der Waals surface area contributed by atoms with E-state index in [-0.39, 0.29) is 10.8 Å². The van der Waals surface area contributed by atoms with Crippen LogP contribution in [0.15, 0.2) is 30.3 Å². The van der Waals surface area contributed by atoms with Gasteiger partial charge in [-0.1, -0.05) is 23.7 Å². The first kappa shape index (κ1) is 13.3. The van der Waals surface area contributed by atoms with Crippen LogP contribution in [0.5, 0.6) is 0 Å². The monoisotopic (exact) mass is 290 g/mol. The summed E-state index contributed by atoms with van der Waals surface area (Å²) in [5.74, 6) is -0.378. The van der Waals surface area contributed by atoms with E-state index < -0.39 is 0 Å². The molecule has 2 aromatic rings. The molecule has 2 N–H and O–H groups in total. The Morgan fingerprint density at radius 3 is 2.85 bits per heavy atom. The number of nitrogens with two attached hydrogens (primary N) is 1. The molecule has 3 rings (SSSR count). The van der Waals surface area contributed by atoms with E-state index in [1.807, 2.05) is 13.0 Å². The average Bonchev–Trinajstić information content (AvgIpc) is 2.77. The fourth-order valence-electron chi connectivity index (χ4n) is 2.67. The highest BCUT2D eigenvalue weighted by Gasteiger charge is 2.20. The van der Waals surface area contributed by atoms with Crippen LogP contribution < -0.4 is 10.6 Å². The summed E-state index contributed by atoms with van der Waals surface area (Å²) in [6, 6.07) is 9.06. The van der Waals surface area contributed by atoms with Gasteiger partial charge in [-0.25, -0.2) is 4.39 Å². The zero-order valence-electron chi connectivity index (χ0n) is 11.3. The Morgan fingerprint density at radius 2 is 2.10 bits per heavy atom. The lowest BCUT2D eigenvalue weighted by molar-refractivity contribution is 0.627. The van der Waals surface area contributed by atoms with Crippen LogP contribution in [-0.2, 0) is 13.0 Å². The van der Waals surface area contributed by atoms with Crippen LogP contribution in [0.1, 0.15) is 16.7 Å². The van der Waals surface area contributed by atoms with E-state index in [4.69, 9.17) is 17.3 Å². The van der Waals surface area contributed by atoms with Crippen molar-refractivity contribution in [2.45, 2.75) is 19.9 Å². The second-order valence-corrected chi connectivity index (χ2v) is 5.66. The van der Waals surface area contributed by atoms with Crippen LogP contribution >= 0.6 is 11.6 Å². The summed E-state index contributed by atoms with van der Waals surface area (Å²) in [6.45, 7) is 3.70. The first-order chi connectivity index (χ1) is 9.54. The van der Waals surface area contributed by atoms with Crippen LogP contribution in [-0.4, -0.2) is 6.54 Å². The van der Waals surface area contributed by atoms with Crippen molar-refractivity contribution in [3.63, 3.8) is 0 Å². The standard InChI is InChI=1S/C16H16ClFN2/c1-10-6-12-4-5-20(16(12)8-15(10)19)9-11-2-3-14(18)13(17)7-11/h2-3,6-8H,4-5,9,19H2,1H3. The molecule has 1 aliphatic heterocycles. The molecule has 0 unspecified atom stereocenters. The van der Waals surface area contributed by atoms with Crippen molar-refractivity contribution in [1.29, 1.82) is 0 Å². The summed E-state index contributed by atoms with van der Waals surface area (Å²) in [6.07, 6.45) is 1.02. The summed E-state index contributed by atoms with van der Waals surface area (Å²) >= 11 is 5.83. The number of benzene rings is 2. The van der Waals surface area contributed by atoms with Crippen LogP contribution in [0.3, 0.4) is 0 Å². The van der Waals surface area contributed by atoms with Gasteiger partial charge in [-0.05, 0) is 48.2 Å². The molecule has 0 aliphatic carbocycles. The number of fused-ring (bicyclic) bond motifs is 1. The minimum absolute atomic E-state index is 0.172. The molecule has 104 valence electrons. The quantitative estimate of drug-likeness (QED) is 0.849. The van der Waals surface area contributed by atoms with E-state index >= 15 is 0 Å². The van der Waals surface area contributed by atoms with Gasteiger partial charge < -0.3 is 10.6 Å². The molecule has 2 aromatic carbocycles. The van der Waals surface area contributed by atoms with E-state index in [2.05, 4.69) is 11.0 Å². The summed E-state index contributed by atoms with van der Waals surface area (Å²) in [5, 5.41) is 0.172. The number of hydrogen-bond acceptors (Lipinski definition) is 2. The number of halogens is 2. The van der Waals surface area contributed by atoms with Crippen molar-refractivity contribution in [2.75, 3.05) is 17.2 Å². The van der Waals surface area contributed by atoms with Crippen LogP contribution in [0, 0.1) is 12.7 Å². The Morgan fingerprint density at radius 1 is 1.30 bits per heavy atom. The van der Waals surface area contributed by atoms with E-state index in [0.29, 0.717) is 0 Å². The highest BCUT2D eigenvalue weighted by molar-refractivity contribution is 6.30. The van der Waals surface area contributed by atoms with Gasteiger partial charge in [0, 0.05) is 24.5 Å². The van der Waals surface area contributed by atoms with Gasteiger partial charge >= 0.3 is 0 Å². The zero-order valence-corrected chi connectivity index (χ0v) is 12.0. The topological polar surface area (TPSA) is 29.3 Å². The fourth-order valence-corrected chi connectivity index (χ4v) is 2.87. The van der Waals surface area contributed by atoms with E-state index in [1.54, 1.807) is 12.1 Å². The Labute approximate surface area is 123 Å². The van der Waals surface area contributed by atoms with Gasteiger partial charge in [0.2, 0.25) is 0 Å². The lowest BCUT2D eigenvalue weighted by Crippen LogP contribution is -2.19. The van der Waals surface area contributed by atoms with Crippen LogP contribution in [0.25, 0.3) is 0 Å². The zero-order chi connectivity index (χ0) is 14.3. The third-order valence-electron chi connectivity index (χ3n) is 3.82. The molecule has 0 fully saturated rings. The van der Waals surface area contributed by atoms with Crippen molar-refractivity contribution >= 4 is 23.0 Å². The molecule has 0 radical (unpaired) electrons. The minimum atomic E-state index is -0.378. The molecule has 0 spiro atoms. The van der Waals surface area contributed by atoms with Crippen molar-refractivity contribution in [1.82, 2.24) is 0 Å². The molecule has 1 heterocycles. The molecular formula is C16H16ClFN2. The SMILES string of the molecule is Cc1cc2c(cc1N)N(Cc1ccc(F)c(Cl)c1)CC2. The second-order valence-electron chi connectivity index (χ2n) is 5.26. The number of hydrogen-bond donors (Lipinski definition) is 1. The van der Waals surface area contributed by atoms with Crippen molar-refractivity contribution in [2.24, 2.45) is 0 Å². The molecule has 4 heteroatoms. The first-order valence-corrected chi connectivity index (χ1v) is 7.00. The lowest BCUT2D eigenvalue weighted by Gasteiger charge is -2.20. The molecule has 2 nitrogen and oxygen atoms in total. The molecule has 1 aliphatic rings. The lowest BCUT2D eigenvalue weighted by atomic mass is 10.1. The summed E-state index contributed by atoms with van der Waals surface area (Å²) in [7, 11) is 0. The Kier molecular flexibility index (Phi) is 3.30. The molecular weight excluding hydrogens is 275 g/mol. The maximum atomic E-state index is 13.2. The van der Waals surface area contributed by atoms with E-state index in [1.165, 1.54) is 17.3 Å². The summed E-state index contributed by atoms with van der Waals surface area (Å²) in [5.41, 5.74) is 11.4. The number of aryl methyl sites for hydroxylation is 1. The Bertz CT molecular complexity index is 670. The molecule has 0 atom stereocenters. The van der Waals surface area contributed by atoms with Gasteiger partial charge in [0.25, 0.3) is 0 Å². The maximum Gasteiger partial charge on any atom is 0.141 e. The predicted molar refractivity (Wildman–Crippen MR) is 81.8 cm³/mol. The molecule has 0 aromatic heterocycles. The molecule has 0 saturated heterocycles. The average molecular weight is 291 g/mol. The summed E-state index contributed by atoms with van der Waals surface area (Å²) in [4.78, 5) is 2.26. The molecule has 20 heavy (non-hydrogen) atoms. The predicted octanol–water partition coefficient (Wildman–Crippen LogP) is 3.93. The number of rotatable bonds is 2. The highest BCUT2D eigenvalue weighted by atomic mass is 35.5. The van der Waals surface area contributed by atoms with Crippen molar-refractivity contribution in [3.8, 4) is 0 Å². The largest absolute Gasteiger partial charge is 0.398 e. The van der Waals surface area contributed by atoms with Crippen molar-refractivity contribution in [3.05, 3.63) is 57.9 Å². The number of anilines is 2. The number of nitrogen functional groups attached to an aromatic ring is 1. The van der Waals surface area contributed by atoms with Gasteiger partial charge in [-0.3, -0.25) is 0 Å². The second kappa shape index (κ2) is 4.98. The molecule has 0 saturated carbocycles. The van der Waals surface area contributed by atoms with Gasteiger partial charge in [-0.2, -0.15) is 0 Å². The molecule has 0 bridgehead atoms.